The number of anilines is 3. The fourth-order valence-corrected chi connectivity index (χ4v) is 10.2. The number of fused-ring (bicyclic) bond motifs is 6. The molecule has 0 radical (unpaired) electrons. The zero-order chi connectivity index (χ0) is 31.5. The summed E-state index contributed by atoms with van der Waals surface area (Å²) in [5.74, 6) is 1.47. The highest BCUT2D eigenvalue weighted by molar-refractivity contribution is 8.00. The van der Waals surface area contributed by atoms with Crippen molar-refractivity contribution in [2.45, 2.75) is 54.1 Å². The van der Waals surface area contributed by atoms with Crippen molar-refractivity contribution in [3.05, 3.63) is 174 Å². The maximum atomic E-state index is 2.52. The van der Waals surface area contributed by atoms with Crippen molar-refractivity contribution >= 4 is 34.4 Å². The first-order valence-corrected chi connectivity index (χ1v) is 18.0. The fourth-order valence-electron chi connectivity index (χ4n) is 8.58. The maximum absolute atomic E-state index is 2.52. The number of nitrogens with zero attached hydrogens (tertiary/aromatic N) is 1. The molecular formula is C45H39NS. The number of allylic oxidation sites excluding steroid dienone is 5. The molecule has 1 heterocycles. The molecule has 0 spiro atoms. The Balaban J connectivity index is 1.08. The summed E-state index contributed by atoms with van der Waals surface area (Å²) in [5.41, 5.74) is 13.3. The predicted octanol–water partition coefficient (Wildman–Crippen LogP) is 12.4. The van der Waals surface area contributed by atoms with Gasteiger partial charge < -0.3 is 4.90 Å². The van der Waals surface area contributed by atoms with Gasteiger partial charge >= 0.3 is 0 Å². The molecule has 0 amide bonds. The van der Waals surface area contributed by atoms with E-state index in [1.54, 1.807) is 5.56 Å². The number of thioether (sulfide) groups is 1. The maximum Gasteiger partial charge on any atom is 0.0464 e. The number of hydrogen-bond donors (Lipinski definition) is 0. The monoisotopic (exact) mass is 625 g/mol. The minimum absolute atomic E-state index is 0.00470. The van der Waals surface area contributed by atoms with E-state index in [2.05, 4.69) is 182 Å². The molecule has 0 bridgehead atoms. The highest BCUT2D eigenvalue weighted by Gasteiger charge is 2.45. The summed E-state index contributed by atoms with van der Waals surface area (Å²) < 4.78 is 0. The molecule has 0 saturated heterocycles. The van der Waals surface area contributed by atoms with Gasteiger partial charge in [0, 0.05) is 39.0 Å². The second-order valence-electron chi connectivity index (χ2n) is 14.0. The summed E-state index contributed by atoms with van der Waals surface area (Å²) in [4.78, 5) is 3.90. The van der Waals surface area contributed by atoms with Gasteiger partial charge in [-0.3, -0.25) is 0 Å². The number of rotatable bonds is 5. The number of benzene rings is 5. The Kier molecular flexibility index (Phi) is 6.90. The molecule has 5 aromatic rings. The van der Waals surface area contributed by atoms with Crippen molar-refractivity contribution in [2.24, 2.45) is 5.92 Å². The largest absolute Gasteiger partial charge is 0.310 e. The highest BCUT2D eigenvalue weighted by Crippen LogP contribution is 2.56. The molecular weight excluding hydrogens is 587 g/mol. The standard InChI is InChI=1S/C45H39NS/c1-45(2)41-28-32(30-12-5-3-6-13-30)22-26-37(41)38-27-25-35(29-42(38)45)46(33-14-7-4-8-15-33)34-23-20-31(21-24-34)36-17-11-18-40-39-16-9-10-19-43(39)47-44(36)40/h3-8,10-15,17-29,37,39,41,43H,9,16H2,1-2H3. The molecule has 4 unspecified atom stereocenters. The van der Waals surface area contributed by atoms with Crippen molar-refractivity contribution < 1.29 is 0 Å². The normalized spacial score (nSPS) is 23.0. The van der Waals surface area contributed by atoms with E-state index in [4.69, 9.17) is 0 Å². The molecule has 0 fully saturated rings. The third-order valence-electron chi connectivity index (χ3n) is 11.0. The number of hydrogen-bond acceptors (Lipinski definition) is 2. The summed E-state index contributed by atoms with van der Waals surface area (Å²) in [5, 5.41) is 0.580. The first kappa shape index (κ1) is 28.7. The van der Waals surface area contributed by atoms with E-state index in [1.807, 2.05) is 0 Å². The molecule has 5 aromatic carbocycles. The third kappa shape index (κ3) is 4.76. The first-order valence-electron chi connectivity index (χ1n) is 17.1. The van der Waals surface area contributed by atoms with Crippen molar-refractivity contribution in [1.29, 1.82) is 0 Å². The van der Waals surface area contributed by atoms with Crippen LogP contribution in [0.5, 0.6) is 0 Å². The molecule has 4 atom stereocenters. The number of para-hydroxylation sites is 1. The quantitative estimate of drug-likeness (QED) is 0.179. The van der Waals surface area contributed by atoms with Gasteiger partial charge in [0.2, 0.25) is 0 Å². The molecule has 0 N–H and O–H groups in total. The Morgan fingerprint density at radius 3 is 2.23 bits per heavy atom. The second kappa shape index (κ2) is 11.3. The molecule has 1 nitrogen and oxygen atoms in total. The third-order valence-corrected chi connectivity index (χ3v) is 12.5. The molecule has 1 aliphatic heterocycles. The van der Waals surface area contributed by atoms with Crippen LogP contribution in [-0.4, -0.2) is 5.25 Å². The first-order chi connectivity index (χ1) is 23.1. The summed E-state index contributed by atoms with van der Waals surface area (Å²) in [7, 11) is 0. The van der Waals surface area contributed by atoms with Gasteiger partial charge in [0.05, 0.1) is 0 Å². The van der Waals surface area contributed by atoms with Crippen LogP contribution in [0.1, 0.15) is 60.8 Å². The average molecular weight is 626 g/mol. The Hall–Kier alpha value is -4.53. The summed E-state index contributed by atoms with van der Waals surface area (Å²) in [6.07, 6.45) is 14.6. The molecule has 230 valence electrons. The molecule has 3 aliphatic carbocycles. The van der Waals surface area contributed by atoms with E-state index in [-0.39, 0.29) is 5.41 Å². The lowest BCUT2D eigenvalue weighted by Gasteiger charge is -2.31. The summed E-state index contributed by atoms with van der Waals surface area (Å²) >= 11 is 2.06. The highest BCUT2D eigenvalue weighted by atomic mass is 32.2. The van der Waals surface area contributed by atoms with Gasteiger partial charge in [0.25, 0.3) is 0 Å². The van der Waals surface area contributed by atoms with Crippen LogP contribution in [0.2, 0.25) is 0 Å². The minimum Gasteiger partial charge on any atom is -0.310 e. The van der Waals surface area contributed by atoms with Crippen molar-refractivity contribution in [1.82, 2.24) is 0 Å². The molecule has 9 rings (SSSR count). The lowest BCUT2D eigenvalue weighted by molar-refractivity contribution is 0.395. The van der Waals surface area contributed by atoms with E-state index in [0.29, 0.717) is 23.0 Å². The van der Waals surface area contributed by atoms with Crippen LogP contribution in [-0.2, 0) is 5.41 Å². The van der Waals surface area contributed by atoms with Crippen LogP contribution in [0.4, 0.5) is 17.1 Å². The fraction of sp³-hybridized carbons (Fsp3) is 0.200. The SMILES string of the molecule is CC1(C)c2cc(N(c3ccccc3)c3ccc(-c4cccc5c4SC4C=CCCC54)cc3)ccc2C2C=CC(c3ccccc3)=CC21. The van der Waals surface area contributed by atoms with Gasteiger partial charge in [0.15, 0.2) is 0 Å². The van der Waals surface area contributed by atoms with E-state index in [1.165, 1.54) is 68.2 Å². The van der Waals surface area contributed by atoms with Crippen LogP contribution in [0.3, 0.4) is 0 Å². The van der Waals surface area contributed by atoms with Gasteiger partial charge in [0.1, 0.15) is 0 Å². The Morgan fingerprint density at radius 1 is 0.681 bits per heavy atom. The van der Waals surface area contributed by atoms with E-state index >= 15 is 0 Å². The van der Waals surface area contributed by atoms with Crippen LogP contribution >= 0.6 is 11.8 Å². The summed E-state index contributed by atoms with van der Waals surface area (Å²) in [6.45, 7) is 4.87. The minimum atomic E-state index is 0.00470. The Labute approximate surface area is 283 Å². The molecule has 2 heteroatoms. The van der Waals surface area contributed by atoms with Crippen LogP contribution in [0.25, 0.3) is 16.7 Å². The van der Waals surface area contributed by atoms with Gasteiger partial charge in [-0.15, -0.1) is 11.8 Å². The van der Waals surface area contributed by atoms with Crippen LogP contribution in [0.15, 0.2) is 157 Å². The Bertz CT molecular complexity index is 2050. The zero-order valence-electron chi connectivity index (χ0n) is 27.0. The second-order valence-corrected chi connectivity index (χ2v) is 15.2. The van der Waals surface area contributed by atoms with Gasteiger partial charge in [-0.25, -0.2) is 0 Å². The zero-order valence-corrected chi connectivity index (χ0v) is 27.8. The van der Waals surface area contributed by atoms with E-state index < -0.39 is 0 Å². The molecule has 0 aromatic heterocycles. The van der Waals surface area contributed by atoms with Crippen LogP contribution in [0, 0.1) is 5.92 Å². The smallest absolute Gasteiger partial charge is 0.0464 e. The van der Waals surface area contributed by atoms with Gasteiger partial charge in [-0.1, -0.05) is 129 Å². The molecule has 47 heavy (non-hydrogen) atoms. The molecule has 0 saturated carbocycles. The van der Waals surface area contributed by atoms with E-state index in [9.17, 15) is 0 Å². The van der Waals surface area contributed by atoms with Gasteiger partial charge in [-0.05, 0) is 99.5 Å². The van der Waals surface area contributed by atoms with Crippen molar-refractivity contribution in [3.8, 4) is 11.1 Å². The molecule has 4 aliphatic rings. The van der Waals surface area contributed by atoms with E-state index in [0.717, 1.165) is 0 Å². The predicted molar refractivity (Wildman–Crippen MR) is 200 cm³/mol. The lowest BCUT2D eigenvalue weighted by Crippen LogP contribution is -2.25. The van der Waals surface area contributed by atoms with Crippen molar-refractivity contribution in [3.63, 3.8) is 0 Å². The van der Waals surface area contributed by atoms with Crippen molar-refractivity contribution in [2.75, 3.05) is 4.90 Å². The topological polar surface area (TPSA) is 3.24 Å². The lowest BCUT2D eigenvalue weighted by atomic mass is 9.73. The van der Waals surface area contributed by atoms with Crippen LogP contribution < -0.4 is 4.90 Å². The Morgan fingerprint density at radius 2 is 1.43 bits per heavy atom. The van der Waals surface area contributed by atoms with Gasteiger partial charge in [-0.2, -0.15) is 0 Å². The average Bonchev–Trinajstić information content (AvgIpc) is 3.61. The summed E-state index contributed by atoms with van der Waals surface area (Å²) in [6, 6.07) is 45.0.